The first-order chi connectivity index (χ1) is 10.8. The zero-order valence-electron chi connectivity index (χ0n) is 12.8. The number of carbonyl (C=O) groups excluding carboxylic acids is 1. The van der Waals surface area contributed by atoms with Crippen LogP contribution in [0.15, 0.2) is 54.6 Å². The Labute approximate surface area is 131 Å². The maximum atomic E-state index is 12.1. The van der Waals surface area contributed by atoms with Gasteiger partial charge in [0, 0.05) is 6.04 Å². The summed E-state index contributed by atoms with van der Waals surface area (Å²) in [7, 11) is 1.44. The van der Waals surface area contributed by atoms with Crippen molar-refractivity contribution < 1.29 is 9.53 Å². The van der Waals surface area contributed by atoms with E-state index >= 15 is 0 Å². The predicted molar refractivity (Wildman–Crippen MR) is 86.6 cm³/mol. The van der Waals surface area contributed by atoms with Gasteiger partial charge in [0.25, 0.3) is 0 Å². The highest BCUT2D eigenvalue weighted by Crippen LogP contribution is 2.24. The lowest BCUT2D eigenvalue weighted by molar-refractivity contribution is -0.143. The fraction of sp³-hybridized carbons (Fsp3) is 0.316. The highest BCUT2D eigenvalue weighted by Gasteiger charge is 2.26. The lowest BCUT2D eigenvalue weighted by Gasteiger charge is -2.29. The molecule has 3 nitrogen and oxygen atoms in total. The van der Waals surface area contributed by atoms with Crippen LogP contribution in [0.4, 0.5) is 0 Å². The van der Waals surface area contributed by atoms with Crippen LogP contribution in [0.25, 0.3) is 0 Å². The van der Waals surface area contributed by atoms with Gasteiger partial charge in [-0.2, -0.15) is 0 Å². The highest BCUT2D eigenvalue weighted by atomic mass is 16.5. The van der Waals surface area contributed by atoms with Gasteiger partial charge >= 0.3 is 5.97 Å². The molecule has 0 unspecified atom stereocenters. The fourth-order valence-electron chi connectivity index (χ4n) is 3.14. The molecule has 0 saturated heterocycles. The van der Waals surface area contributed by atoms with Crippen molar-refractivity contribution in [3.05, 3.63) is 71.3 Å². The molecule has 0 radical (unpaired) electrons. The largest absolute Gasteiger partial charge is 0.468 e. The number of esters is 1. The zero-order valence-corrected chi connectivity index (χ0v) is 12.8. The van der Waals surface area contributed by atoms with Crippen LogP contribution in [0.5, 0.6) is 0 Å². The second-order valence-corrected chi connectivity index (χ2v) is 5.74. The van der Waals surface area contributed by atoms with E-state index in [4.69, 9.17) is 4.74 Å². The van der Waals surface area contributed by atoms with Crippen LogP contribution in [0.3, 0.4) is 0 Å². The van der Waals surface area contributed by atoms with Crippen molar-refractivity contribution in [3.63, 3.8) is 0 Å². The van der Waals surface area contributed by atoms with Crippen LogP contribution in [-0.2, 0) is 22.4 Å². The van der Waals surface area contributed by atoms with Crippen molar-refractivity contribution in [2.24, 2.45) is 0 Å². The average Bonchev–Trinajstić information content (AvgIpc) is 2.59. The Kier molecular flexibility index (Phi) is 4.54. The van der Waals surface area contributed by atoms with Crippen molar-refractivity contribution >= 4 is 5.97 Å². The molecule has 0 heterocycles. The molecule has 0 fully saturated rings. The molecule has 2 atom stereocenters. The number of aryl methyl sites for hydroxylation is 1. The van der Waals surface area contributed by atoms with E-state index in [-0.39, 0.29) is 5.97 Å². The van der Waals surface area contributed by atoms with Gasteiger partial charge in [-0.15, -0.1) is 0 Å². The molecule has 114 valence electrons. The van der Waals surface area contributed by atoms with E-state index in [1.54, 1.807) is 0 Å². The molecule has 2 aromatic rings. The number of fused-ring (bicyclic) bond motifs is 1. The molecule has 0 bridgehead atoms. The van der Waals surface area contributed by atoms with Crippen LogP contribution < -0.4 is 5.32 Å². The second kappa shape index (κ2) is 6.75. The summed E-state index contributed by atoms with van der Waals surface area (Å²) in [4.78, 5) is 12.1. The fourth-order valence-corrected chi connectivity index (χ4v) is 3.14. The summed E-state index contributed by atoms with van der Waals surface area (Å²) < 4.78 is 4.98. The van der Waals surface area contributed by atoms with Gasteiger partial charge in [0.1, 0.15) is 6.04 Å². The Morgan fingerprint density at radius 1 is 1.09 bits per heavy atom. The molecule has 0 amide bonds. The molecule has 2 aromatic carbocycles. The first-order valence-electron chi connectivity index (χ1n) is 7.73. The number of carbonyl (C=O) groups is 1. The maximum absolute atomic E-state index is 12.1. The van der Waals surface area contributed by atoms with Gasteiger partial charge in [-0.05, 0) is 36.0 Å². The van der Waals surface area contributed by atoms with Crippen molar-refractivity contribution in [1.82, 2.24) is 5.32 Å². The third-order valence-electron chi connectivity index (χ3n) is 4.32. The normalized spacial score (nSPS) is 18.3. The summed E-state index contributed by atoms with van der Waals surface area (Å²) in [6.07, 6.45) is 3.05. The Morgan fingerprint density at radius 3 is 2.50 bits per heavy atom. The summed E-state index contributed by atoms with van der Waals surface area (Å²) in [5, 5.41) is 3.49. The summed E-state index contributed by atoms with van der Waals surface area (Å²) in [5.74, 6) is -0.231. The molecule has 0 aliphatic heterocycles. The van der Waals surface area contributed by atoms with Crippen molar-refractivity contribution in [2.75, 3.05) is 7.11 Å². The van der Waals surface area contributed by atoms with E-state index in [2.05, 4.69) is 29.6 Å². The van der Waals surface area contributed by atoms with Gasteiger partial charge < -0.3 is 4.74 Å². The van der Waals surface area contributed by atoms with Gasteiger partial charge in [-0.1, -0.05) is 54.6 Å². The Bertz CT molecular complexity index is 639. The summed E-state index contributed by atoms with van der Waals surface area (Å²) >= 11 is 0. The van der Waals surface area contributed by atoms with Gasteiger partial charge in [-0.25, -0.2) is 4.79 Å². The van der Waals surface area contributed by atoms with E-state index in [0.717, 1.165) is 24.8 Å². The Morgan fingerprint density at radius 2 is 1.77 bits per heavy atom. The van der Waals surface area contributed by atoms with Crippen LogP contribution in [0.2, 0.25) is 0 Å². The van der Waals surface area contributed by atoms with Gasteiger partial charge in [-0.3, -0.25) is 5.32 Å². The van der Waals surface area contributed by atoms with E-state index in [9.17, 15) is 4.79 Å². The monoisotopic (exact) mass is 295 g/mol. The molecule has 0 spiro atoms. The summed E-state index contributed by atoms with van der Waals surface area (Å²) in [5.41, 5.74) is 3.76. The maximum Gasteiger partial charge on any atom is 0.327 e. The lowest BCUT2D eigenvalue weighted by Crippen LogP contribution is -2.40. The SMILES string of the molecule is COC(=O)[C@H](N[C@@H]1CCc2ccccc2C1)c1ccccc1. The van der Waals surface area contributed by atoms with Crippen LogP contribution >= 0.6 is 0 Å². The smallest absolute Gasteiger partial charge is 0.327 e. The molecule has 0 saturated carbocycles. The first-order valence-corrected chi connectivity index (χ1v) is 7.73. The van der Waals surface area contributed by atoms with E-state index in [1.807, 2.05) is 30.3 Å². The van der Waals surface area contributed by atoms with Crippen LogP contribution in [-0.4, -0.2) is 19.1 Å². The molecule has 3 rings (SSSR count). The Balaban J connectivity index is 1.76. The zero-order chi connectivity index (χ0) is 15.4. The summed E-state index contributed by atoms with van der Waals surface area (Å²) in [6.45, 7) is 0. The number of rotatable bonds is 4. The van der Waals surface area contributed by atoms with Crippen molar-refractivity contribution in [1.29, 1.82) is 0 Å². The minimum absolute atomic E-state index is 0.231. The average molecular weight is 295 g/mol. The molecule has 22 heavy (non-hydrogen) atoms. The molecule has 0 aromatic heterocycles. The molecule has 1 aliphatic carbocycles. The molecule has 3 heteroatoms. The number of benzene rings is 2. The van der Waals surface area contributed by atoms with E-state index < -0.39 is 6.04 Å². The second-order valence-electron chi connectivity index (χ2n) is 5.74. The highest BCUT2D eigenvalue weighted by molar-refractivity contribution is 5.77. The predicted octanol–water partition coefficient (Wildman–Crippen LogP) is 3.05. The molecular weight excluding hydrogens is 274 g/mol. The first kappa shape index (κ1) is 14.8. The van der Waals surface area contributed by atoms with Gasteiger partial charge in [0.2, 0.25) is 0 Å². The number of ether oxygens (including phenoxy) is 1. The quantitative estimate of drug-likeness (QED) is 0.881. The minimum Gasteiger partial charge on any atom is -0.468 e. The van der Waals surface area contributed by atoms with E-state index in [1.165, 1.54) is 18.2 Å². The van der Waals surface area contributed by atoms with E-state index in [0.29, 0.717) is 6.04 Å². The lowest BCUT2D eigenvalue weighted by atomic mass is 9.87. The van der Waals surface area contributed by atoms with Crippen LogP contribution in [0.1, 0.15) is 29.2 Å². The molecule has 1 N–H and O–H groups in total. The van der Waals surface area contributed by atoms with Crippen molar-refractivity contribution in [3.8, 4) is 0 Å². The van der Waals surface area contributed by atoms with Gasteiger partial charge in [0.15, 0.2) is 0 Å². The third-order valence-corrected chi connectivity index (χ3v) is 4.32. The standard InChI is InChI=1S/C19H21NO2/c1-22-19(21)18(15-8-3-2-4-9-15)20-17-12-11-14-7-5-6-10-16(14)13-17/h2-10,17-18,20H,11-13H2,1H3/t17-,18-/m1/s1. The van der Waals surface area contributed by atoms with Crippen LogP contribution in [0, 0.1) is 0 Å². The number of methoxy groups -OCH3 is 1. The Hall–Kier alpha value is -2.13. The number of hydrogen-bond acceptors (Lipinski definition) is 3. The molecule has 1 aliphatic rings. The topological polar surface area (TPSA) is 38.3 Å². The van der Waals surface area contributed by atoms with Gasteiger partial charge in [0.05, 0.1) is 7.11 Å². The minimum atomic E-state index is -0.401. The number of hydrogen-bond donors (Lipinski definition) is 1. The number of nitrogens with one attached hydrogen (secondary N) is 1. The van der Waals surface area contributed by atoms with Crippen molar-refractivity contribution in [2.45, 2.75) is 31.3 Å². The summed E-state index contributed by atoms with van der Waals surface area (Å²) in [6, 6.07) is 18.2. The molecular formula is C19H21NO2. The third kappa shape index (κ3) is 3.20.